The Morgan fingerprint density at radius 3 is 2.71 bits per heavy atom. The van der Waals surface area contributed by atoms with Crippen molar-refractivity contribution in [1.29, 1.82) is 0 Å². The predicted octanol–water partition coefficient (Wildman–Crippen LogP) is 2.04. The number of aliphatic hydroxyl groups excluding tert-OH is 1. The molecule has 0 radical (unpaired) electrons. The Balaban J connectivity index is 2.47. The zero-order valence-corrected chi connectivity index (χ0v) is 11.0. The van der Waals surface area contributed by atoms with Crippen LogP contribution in [0.15, 0.2) is 18.2 Å². The lowest BCUT2D eigenvalue weighted by molar-refractivity contribution is 0.183. The van der Waals surface area contributed by atoms with E-state index in [0.717, 1.165) is 24.3 Å². The summed E-state index contributed by atoms with van der Waals surface area (Å²) < 4.78 is 5.72. The van der Waals surface area contributed by atoms with E-state index in [-0.39, 0.29) is 12.6 Å². The average molecular weight is 237 g/mol. The van der Waals surface area contributed by atoms with Gasteiger partial charge in [-0.3, -0.25) is 0 Å². The first-order chi connectivity index (χ1) is 8.17. The first-order valence-corrected chi connectivity index (χ1v) is 6.21. The number of hydrogen-bond acceptors (Lipinski definition) is 3. The monoisotopic (exact) mass is 237 g/mol. The van der Waals surface area contributed by atoms with Crippen LogP contribution in [-0.4, -0.2) is 30.9 Å². The molecule has 0 amide bonds. The van der Waals surface area contributed by atoms with Crippen molar-refractivity contribution in [2.24, 2.45) is 0 Å². The highest BCUT2D eigenvalue weighted by atomic mass is 16.5. The van der Waals surface area contributed by atoms with Crippen LogP contribution >= 0.6 is 0 Å². The van der Waals surface area contributed by atoms with Crippen LogP contribution < -0.4 is 10.1 Å². The molecular formula is C14H23NO2. The first kappa shape index (κ1) is 14.0. The van der Waals surface area contributed by atoms with Gasteiger partial charge in [0.1, 0.15) is 12.4 Å². The fourth-order valence-corrected chi connectivity index (χ4v) is 1.68. The third-order valence-electron chi connectivity index (χ3n) is 2.67. The quantitative estimate of drug-likeness (QED) is 0.762. The summed E-state index contributed by atoms with van der Waals surface area (Å²) in [7, 11) is 0. The molecule has 0 aliphatic heterocycles. The number of nitrogens with one attached hydrogen (secondary N) is 1. The van der Waals surface area contributed by atoms with Gasteiger partial charge >= 0.3 is 0 Å². The summed E-state index contributed by atoms with van der Waals surface area (Å²) in [5, 5.41) is 12.4. The molecule has 1 aromatic rings. The lowest BCUT2D eigenvalue weighted by Gasteiger charge is -2.17. The summed E-state index contributed by atoms with van der Waals surface area (Å²) >= 11 is 0. The Bertz CT molecular complexity index is 339. The Morgan fingerprint density at radius 1 is 1.35 bits per heavy atom. The molecule has 0 saturated carbocycles. The second-order valence-corrected chi connectivity index (χ2v) is 4.41. The Morgan fingerprint density at radius 2 is 2.12 bits per heavy atom. The molecule has 0 saturated heterocycles. The van der Waals surface area contributed by atoms with E-state index in [2.05, 4.69) is 25.2 Å². The van der Waals surface area contributed by atoms with Crippen LogP contribution in [0.4, 0.5) is 0 Å². The van der Waals surface area contributed by atoms with Gasteiger partial charge in [0.05, 0.1) is 12.6 Å². The minimum absolute atomic E-state index is 0.00986. The van der Waals surface area contributed by atoms with Crippen LogP contribution in [0, 0.1) is 13.8 Å². The molecule has 1 rings (SSSR count). The van der Waals surface area contributed by atoms with Gasteiger partial charge in [-0.2, -0.15) is 0 Å². The summed E-state index contributed by atoms with van der Waals surface area (Å²) in [5.41, 5.74) is 2.37. The molecule has 0 bridgehead atoms. The van der Waals surface area contributed by atoms with Crippen LogP contribution in [0.2, 0.25) is 0 Å². The van der Waals surface area contributed by atoms with Crippen LogP contribution in [0.1, 0.15) is 24.5 Å². The second kappa shape index (κ2) is 7.30. The van der Waals surface area contributed by atoms with E-state index in [1.807, 2.05) is 19.1 Å². The van der Waals surface area contributed by atoms with Crippen LogP contribution in [0.3, 0.4) is 0 Å². The lowest BCUT2D eigenvalue weighted by atomic mass is 10.1. The van der Waals surface area contributed by atoms with Crippen LogP contribution in [0.25, 0.3) is 0 Å². The van der Waals surface area contributed by atoms with Crippen molar-refractivity contribution in [3.63, 3.8) is 0 Å². The summed E-state index contributed by atoms with van der Waals surface area (Å²) in [6.07, 6.45) is 1.06. The maximum absolute atomic E-state index is 9.20. The summed E-state index contributed by atoms with van der Waals surface area (Å²) in [6.45, 7) is 7.71. The highest BCUT2D eigenvalue weighted by Gasteiger charge is 2.08. The van der Waals surface area contributed by atoms with Gasteiger partial charge in [0.2, 0.25) is 0 Å². The number of rotatable bonds is 7. The van der Waals surface area contributed by atoms with Gasteiger partial charge in [-0.15, -0.1) is 0 Å². The molecule has 0 aliphatic carbocycles. The zero-order chi connectivity index (χ0) is 12.7. The molecule has 0 heterocycles. The Labute approximate surface area is 104 Å². The number of ether oxygens (including phenoxy) is 1. The molecule has 3 nitrogen and oxygen atoms in total. The van der Waals surface area contributed by atoms with Gasteiger partial charge in [0, 0.05) is 0 Å². The number of aryl methyl sites for hydroxylation is 2. The van der Waals surface area contributed by atoms with Crippen molar-refractivity contribution in [3.05, 3.63) is 29.3 Å². The second-order valence-electron chi connectivity index (χ2n) is 4.41. The third kappa shape index (κ3) is 4.75. The minimum Gasteiger partial charge on any atom is -0.492 e. The lowest BCUT2D eigenvalue weighted by Crippen LogP contribution is -2.38. The summed E-state index contributed by atoms with van der Waals surface area (Å²) in [6, 6.07) is 6.13. The SMILES string of the molecule is CCCNC(CO)COc1ccc(C)cc1C. The van der Waals surface area contributed by atoms with Crippen molar-refractivity contribution >= 4 is 0 Å². The van der Waals surface area contributed by atoms with Crippen molar-refractivity contribution in [2.45, 2.75) is 33.2 Å². The highest BCUT2D eigenvalue weighted by molar-refractivity contribution is 5.35. The van der Waals surface area contributed by atoms with Crippen molar-refractivity contribution in [1.82, 2.24) is 5.32 Å². The third-order valence-corrected chi connectivity index (χ3v) is 2.67. The fourth-order valence-electron chi connectivity index (χ4n) is 1.68. The first-order valence-electron chi connectivity index (χ1n) is 6.21. The zero-order valence-electron chi connectivity index (χ0n) is 11.0. The van der Waals surface area contributed by atoms with Crippen LogP contribution in [-0.2, 0) is 0 Å². The Hall–Kier alpha value is -1.06. The standard InChI is InChI=1S/C14H23NO2/c1-4-7-15-13(9-16)10-17-14-6-5-11(2)8-12(14)3/h5-6,8,13,15-16H,4,7,9-10H2,1-3H3. The molecule has 0 spiro atoms. The smallest absolute Gasteiger partial charge is 0.122 e. The van der Waals surface area contributed by atoms with Gasteiger partial charge in [0.25, 0.3) is 0 Å². The van der Waals surface area contributed by atoms with Gasteiger partial charge < -0.3 is 15.2 Å². The van der Waals surface area contributed by atoms with E-state index in [9.17, 15) is 5.11 Å². The molecule has 0 aromatic heterocycles. The number of aliphatic hydroxyl groups is 1. The molecule has 17 heavy (non-hydrogen) atoms. The van der Waals surface area contributed by atoms with E-state index in [0.29, 0.717) is 6.61 Å². The van der Waals surface area contributed by atoms with Gasteiger partial charge in [-0.05, 0) is 38.4 Å². The van der Waals surface area contributed by atoms with E-state index in [1.54, 1.807) is 0 Å². The summed E-state index contributed by atoms with van der Waals surface area (Å²) in [4.78, 5) is 0. The van der Waals surface area contributed by atoms with Gasteiger partial charge in [-0.1, -0.05) is 24.6 Å². The topological polar surface area (TPSA) is 41.5 Å². The van der Waals surface area contributed by atoms with Crippen molar-refractivity contribution < 1.29 is 9.84 Å². The van der Waals surface area contributed by atoms with E-state index in [4.69, 9.17) is 4.74 Å². The maximum atomic E-state index is 9.20. The van der Waals surface area contributed by atoms with Crippen molar-refractivity contribution in [2.75, 3.05) is 19.8 Å². The molecule has 96 valence electrons. The minimum atomic E-state index is 0.00986. The number of benzene rings is 1. The molecule has 0 aliphatic rings. The molecule has 1 unspecified atom stereocenters. The molecule has 3 heteroatoms. The molecule has 0 fully saturated rings. The van der Waals surface area contributed by atoms with E-state index >= 15 is 0 Å². The largest absolute Gasteiger partial charge is 0.492 e. The molecule has 2 N–H and O–H groups in total. The normalized spacial score (nSPS) is 12.5. The molecule has 1 atom stereocenters. The fraction of sp³-hybridized carbons (Fsp3) is 0.571. The Kier molecular flexibility index (Phi) is 6.01. The van der Waals surface area contributed by atoms with Gasteiger partial charge in [0.15, 0.2) is 0 Å². The van der Waals surface area contributed by atoms with E-state index in [1.165, 1.54) is 5.56 Å². The van der Waals surface area contributed by atoms with Crippen molar-refractivity contribution in [3.8, 4) is 5.75 Å². The number of hydrogen-bond donors (Lipinski definition) is 2. The predicted molar refractivity (Wildman–Crippen MR) is 70.6 cm³/mol. The van der Waals surface area contributed by atoms with Crippen LogP contribution in [0.5, 0.6) is 5.75 Å². The molecular weight excluding hydrogens is 214 g/mol. The van der Waals surface area contributed by atoms with Gasteiger partial charge in [-0.25, -0.2) is 0 Å². The van der Waals surface area contributed by atoms with E-state index < -0.39 is 0 Å². The average Bonchev–Trinajstić information content (AvgIpc) is 2.31. The highest BCUT2D eigenvalue weighted by Crippen LogP contribution is 2.18. The molecule has 1 aromatic carbocycles. The maximum Gasteiger partial charge on any atom is 0.122 e. The summed E-state index contributed by atoms with van der Waals surface area (Å²) in [5.74, 6) is 0.896.